The molecule has 1 radical (unpaired) electrons. The highest BCUT2D eigenvalue weighted by Crippen LogP contribution is 2.43. The fourth-order valence-corrected chi connectivity index (χ4v) is 1.19. The highest BCUT2D eigenvalue weighted by atomic mass is 16.6. The summed E-state index contributed by atoms with van der Waals surface area (Å²) in [7, 11) is 2.59. The zero-order chi connectivity index (χ0) is 12.1. The van der Waals surface area contributed by atoms with Gasteiger partial charge in [-0.05, 0) is 12.1 Å². The number of methoxy groups -OCH3 is 2. The lowest BCUT2D eigenvalue weighted by molar-refractivity contribution is -0.386. The molecule has 0 aromatic heterocycles. The Hall–Kier alpha value is -2.31. The van der Waals surface area contributed by atoms with Gasteiger partial charge >= 0.3 is 12.2 Å². The van der Waals surface area contributed by atoms with Gasteiger partial charge < -0.3 is 14.2 Å². The lowest BCUT2D eigenvalue weighted by Crippen LogP contribution is -2.00. The normalized spacial score (nSPS) is 9.38. The van der Waals surface area contributed by atoms with Crippen molar-refractivity contribution in [3.63, 3.8) is 0 Å². The third-order valence-electron chi connectivity index (χ3n) is 1.82. The van der Waals surface area contributed by atoms with Gasteiger partial charge in [0.25, 0.3) is 0 Å². The van der Waals surface area contributed by atoms with Crippen LogP contribution in [0, 0.1) is 10.1 Å². The van der Waals surface area contributed by atoms with Crippen LogP contribution in [0.4, 0.5) is 5.69 Å². The first-order valence-corrected chi connectivity index (χ1v) is 4.09. The molecule has 0 saturated heterocycles. The SMILES string of the molecule is COc1ccc(O[C]=O)c([N+](=O)[O-])c1OC. The van der Waals surface area contributed by atoms with Gasteiger partial charge in [0.2, 0.25) is 11.5 Å². The molecule has 1 aromatic carbocycles. The Kier molecular flexibility index (Phi) is 3.65. The van der Waals surface area contributed by atoms with Gasteiger partial charge in [-0.1, -0.05) is 0 Å². The van der Waals surface area contributed by atoms with Gasteiger partial charge in [-0.25, -0.2) is 4.79 Å². The van der Waals surface area contributed by atoms with Crippen LogP contribution in [-0.2, 0) is 4.79 Å². The standard InChI is InChI=1S/C9H8NO6/c1-14-7-4-3-6(16-5-11)8(10(12)13)9(7)15-2/h3-4H,1-2H3. The number of hydrogen-bond donors (Lipinski definition) is 0. The summed E-state index contributed by atoms with van der Waals surface area (Å²) < 4.78 is 14.1. The molecular formula is C9H8NO6. The molecule has 0 aliphatic heterocycles. The van der Waals surface area contributed by atoms with Gasteiger partial charge in [-0.3, -0.25) is 10.1 Å². The first kappa shape index (κ1) is 11.8. The number of nitro groups is 1. The second-order valence-corrected chi connectivity index (χ2v) is 2.59. The molecule has 0 bridgehead atoms. The number of nitro benzene ring substituents is 1. The van der Waals surface area contributed by atoms with E-state index in [1.165, 1.54) is 26.4 Å². The molecule has 0 unspecified atom stereocenters. The van der Waals surface area contributed by atoms with E-state index in [-0.39, 0.29) is 17.2 Å². The van der Waals surface area contributed by atoms with Gasteiger partial charge in [-0.15, -0.1) is 0 Å². The van der Waals surface area contributed by atoms with Crippen molar-refractivity contribution < 1.29 is 23.9 Å². The Labute approximate surface area is 90.7 Å². The summed E-state index contributed by atoms with van der Waals surface area (Å²) in [5.41, 5.74) is -0.481. The Morgan fingerprint density at radius 1 is 1.25 bits per heavy atom. The fourth-order valence-electron chi connectivity index (χ4n) is 1.19. The molecule has 0 spiro atoms. The van der Waals surface area contributed by atoms with Crippen molar-refractivity contribution in [1.82, 2.24) is 0 Å². The third kappa shape index (κ3) is 2.02. The summed E-state index contributed by atoms with van der Waals surface area (Å²) in [5.74, 6) is -0.189. The molecule has 16 heavy (non-hydrogen) atoms. The molecule has 0 saturated carbocycles. The number of benzene rings is 1. The summed E-state index contributed by atoms with van der Waals surface area (Å²) in [5, 5.41) is 10.8. The number of ether oxygens (including phenoxy) is 3. The lowest BCUT2D eigenvalue weighted by Gasteiger charge is -2.09. The number of carbonyl (C=O) groups excluding carboxylic acids is 1. The van der Waals surface area contributed by atoms with E-state index < -0.39 is 10.6 Å². The second-order valence-electron chi connectivity index (χ2n) is 2.59. The van der Waals surface area contributed by atoms with Crippen molar-refractivity contribution in [3.8, 4) is 17.2 Å². The summed E-state index contributed by atoms with van der Waals surface area (Å²) in [6, 6.07) is 2.61. The van der Waals surface area contributed by atoms with E-state index in [1.807, 2.05) is 0 Å². The van der Waals surface area contributed by atoms with Crippen LogP contribution < -0.4 is 14.2 Å². The van der Waals surface area contributed by atoms with Crippen LogP contribution in [0.3, 0.4) is 0 Å². The molecule has 0 N–H and O–H groups in total. The molecular weight excluding hydrogens is 218 g/mol. The maximum Gasteiger partial charge on any atom is 0.423 e. The molecule has 1 rings (SSSR count). The first-order chi connectivity index (χ1) is 7.65. The Morgan fingerprint density at radius 2 is 1.88 bits per heavy atom. The topological polar surface area (TPSA) is 87.9 Å². The Morgan fingerprint density at radius 3 is 2.31 bits per heavy atom. The van der Waals surface area contributed by atoms with E-state index in [2.05, 4.69) is 4.74 Å². The van der Waals surface area contributed by atoms with Crippen molar-refractivity contribution in [1.29, 1.82) is 0 Å². The molecule has 0 atom stereocenters. The zero-order valence-corrected chi connectivity index (χ0v) is 8.55. The first-order valence-electron chi connectivity index (χ1n) is 4.09. The van der Waals surface area contributed by atoms with E-state index in [9.17, 15) is 14.9 Å². The summed E-state index contributed by atoms with van der Waals surface area (Å²) >= 11 is 0. The van der Waals surface area contributed by atoms with E-state index in [1.54, 1.807) is 0 Å². The summed E-state index contributed by atoms with van der Waals surface area (Å²) in [6.07, 6.45) is 0. The monoisotopic (exact) mass is 226 g/mol. The molecule has 0 heterocycles. The van der Waals surface area contributed by atoms with Crippen molar-refractivity contribution in [2.45, 2.75) is 0 Å². The second kappa shape index (κ2) is 4.96. The van der Waals surface area contributed by atoms with E-state index >= 15 is 0 Å². The Balaban J connectivity index is 3.43. The van der Waals surface area contributed by atoms with Gasteiger partial charge in [0.15, 0.2) is 5.75 Å². The van der Waals surface area contributed by atoms with Crippen LogP contribution in [0.15, 0.2) is 12.1 Å². The highest BCUT2D eigenvalue weighted by Gasteiger charge is 2.26. The van der Waals surface area contributed by atoms with Crippen molar-refractivity contribution in [2.75, 3.05) is 14.2 Å². The number of hydrogen-bond acceptors (Lipinski definition) is 6. The van der Waals surface area contributed by atoms with Gasteiger partial charge in [0, 0.05) is 0 Å². The third-order valence-corrected chi connectivity index (χ3v) is 1.82. The number of nitrogens with zero attached hydrogens (tertiary/aromatic N) is 1. The molecule has 85 valence electrons. The smallest absolute Gasteiger partial charge is 0.423 e. The quantitative estimate of drug-likeness (QED) is 0.551. The highest BCUT2D eigenvalue weighted by molar-refractivity contribution is 5.66. The zero-order valence-electron chi connectivity index (χ0n) is 8.55. The van der Waals surface area contributed by atoms with Crippen LogP contribution in [0.25, 0.3) is 0 Å². The van der Waals surface area contributed by atoms with Crippen LogP contribution in [0.2, 0.25) is 0 Å². The molecule has 0 fully saturated rings. The maximum atomic E-state index is 10.8. The van der Waals surface area contributed by atoms with Crippen molar-refractivity contribution >= 4 is 12.2 Å². The van der Waals surface area contributed by atoms with E-state index in [0.717, 1.165) is 6.47 Å². The predicted octanol–water partition coefficient (Wildman–Crippen LogP) is 1.06. The Bertz CT molecular complexity index is 417. The maximum absolute atomic E-state index is 10.8. The average Bonchev–Trinajstić information content (AvgIpc) is 2.28. The summed E-state index contributed by atoms with van der Waals surface area (Å²) in [6.45, 7) is 1.12. The molecule has 7 heteroatoms. The van der Waals surface area contributed by atoms with Crippen molar-refractivity contribution in [3.05, 3.63) is 22.2 Å². The molecule has 0 aliphatic carbocycles. The molecule has 1 aromatic rings. The molecule has 0 aliphatic rings. The van der Waals surface area contributed by atoms with Crippen LogP contribution in [0.1, 0.15) is 0 Å². The van der Waals surface area contributed by atoms with Crippen LogP contribution >= 0.6 is 0 Å². The van der Waals surface area contributed by atoms with Gasteiger partial charge in [-0.2, -0.15) is 0 Å². The molecule has 7 nitrogen and oxygen atoms in total. The van der Waals surface area contributed by atoms with E-state index in [4.69, 9.17) is 9.47 Å². The minimum Gasteiger partial charge on any atom is -0.493 e. The van der Waals surface area contributed by atoms with Crippen LogP contribution in [0.5, 0.6) is 17.2 Å². The van der Waals surface area contributed by atoms with Gasteiger partial charge in [0.05, 0.1) is 19.1 Å². The van der Waals surface area contributed by atoms with Crippen LogP contribution in [-0.4, -0.2) is 25.6 Å². The minimum atomic E-state index is -0.728. The van der Waals surface area contributed by atoms with Gasteiger partial charge in [0.1, 0.15) is 0 Å². The largest absolute Gasteiger partial charge is 0.493 e. The lowest BCUT2D eigenvalue weighted by atomic mass is 10.2. The fraction of sp³-hybridized carbons (Fsp3) is 0.222. The van der Waals surface area contributed by atoms with E-state index in [0.29, 0.717) is 0 Å². The van der Waals surface area contributed by atoms with Crippen molar-refractivity contribution in [2.24, 2.45) is 0 Å². The molecule has 0 amide bonds. The average molecular weight is 226 g/mol. The number of rotatable bonds is 5. The minimum absolute atomic E-state index is 0.111. The summed E-state index contributed by atoms with van der Waals surface area (Å²) in [4.78, 5) is 20.1. The predicted molar refractivity (Wildman–Crippen MR) is 52.5 cm³/mol.